The molecule has 0 heterocycles. The minimum absolute atomic E-state index is 0.112. The quantitative estimate of drug-likeness (QED) is 0.582. The van der Waals surface area contributed by atoms with E-state index in [9.17, 15) is 9.90 Å². The van der Waals surface area contributed by atoms with Crippen LogP contribution in [0.5, 0.6) is 5.75 Å². The summed E-state index contributed by atoms with van der Waals surface area (Å²) in [4.78, 5) is 11.4. The molecule has 0 saturated heterocycles. The molecule has 0 spiro atoms. The zero-order chi connectivity index (χ0) is 19.2. The van der Waals surface area contributed by atoms with Gasteiger partial charge >= 0.3 is 5.97 Å². The lowest BCUT2D eigenvalue weighted by Gasteiger charge is -2.53. The molecule has 1 N–H and O–H groups in total. The lowest BCUT2D eigenvalue weighted by atomic mass is 9.52. The molecule has 0 aromatic heterocycles. The number of aliphatic hydroxyl groups excluding tert-OH is 1. The van der Waals surface area contributed by atoms with E-state index in [-0.39, 0.29) is 17.5 Å². The summed E-state index contributed by atoms with van der Waals surface area (Å²) in [6, 6.07) is 6.31. The molecule has 6 atom stereocenters. The lowest BCUT2D eigenvalue weighted by Crippen LogP contribution is -2.47. The molecule has 1 aromatic carbocycles. The maximum Gasteiger partial charge on any atom is 0.308 e. The van der Waals surface area contributed by atoms with Gasteiger partial charge in [0.15, 0.2) is 0 Å². The molecule has 0 amide bonds. The molecule has 0 bridgehead atoms. The van der Waals surface area contributed by atoms with E-state index < -0.39 is 0 Å². The van der Waals surface area contributed by atoms with Crippen LogP contribution in [0.15, 0.2) is 18.2 Å². The minimum atomic E-state index is -0.250. The van der Waals surface area contributed by atoms with Gasteiger partial charge in [0.25, 0.3) is 0 Å². The van der Waals surface area contributed by atoms with Crippen molar-refractivity contribution in [3.63, 3.8) is 0 Å². The molecule has 148 valence electrons. The van der Waals surface area contributed by atoms with E-state index in [4.69, 9.17) is 4.74 Å². The monoisotopic (exact) mass is 370 g/mol. The standard InChI is InChI=1S/C24H34O3/c1-4-5-6-16-13-17-14-18(27-15(2)25)7-8-19(17)20-11-12-24(3)21(23(16)20)9-10-22(24)26/h7-8,14,16,20-23,26H,4-6,9-13H2,1-3H3. The van der Waals surface area contributed by atoms with Gasteiger partial charge in [-0.05, 0) is 90.9 Å². The number of rotatable bonds is 4. The van der Waals surface area contributed by atoms with Crippen LogP contribution in [0.3, 0.4) is 0 Å². The molecule has 0 radical (unpaired) electrons. The van der Waals surface area contributed by atoms with Gasteiger partial charge in [0.2, 0.25) is 0 Å². The van der Waals surface area contributed by atoms with E-state index >= 15 is 0 Å². The summed E-state index contributed by atoms with van der Waals surface area (Å²) in [5.41, 5.74) is 2.98. The number of unbranched alkanes of at least 4 members (excludes halogenated alkanes) is 1. The van der Waals surface area contributed by atoms with Crippen LogP contribution in [0, 0.1) is 23.2 Å². The van der Waals surface area contributed by atoms with Crippen molar-refractivity contribution in [1.29, 1.82) is 0 Å². The summed E-state index contributed by atoms with van der Waals surface area (Å²) in [5.74, 6) is 3.06. The summed E-state index contributed by atoms with van der Waals surface area (Å²) in [6.07, 6.45) is 9.22. The number of ether oxygens (including phenoxy) is 1. The normalized spacial score (nSPS) is 37.3. The third kappa shape index (κ3) is 3.22. The van der Waals surface area contributed by atoms with Crippen LogP contribution >= 0.6 is 0 Å². The van der Waals surface area contributed by atoms with Gasteiger partial charge < -0.3 is 9.84 Å². The second kappa shape index (κ2) is 7.24. The van der Waals surface area contributed by atoms with Gasteiger partial charge in [0.05, 0.1) is 6.10 Å². The fourth-order valence-electron chi connectivity index (χ4n) is 6.72. The Bertz CT molecular complexity index is 712. The SMILES string of the molecule is CCCCC1Cc2cc(OC(C)=O)ccc2C2CCC3(C)C(O)CCC3C12. The van der Waals surface area contributed by atoms with Crippen LogP contribution in [0.2, 0.25) is 0 Å². The first-order chi connectivity index (χ1) is 12.9. The number of hydrogen-bond acceptors (Lipinski definition) is 3. The van der Waals surface area contributed by atoms with Crippen molar-refractivity contribution in [2.75, 3.05) is 0 Å². The molecule has 6 unspecified atom stereocenters. The third-order valence-corrected chi connectivity index (χ3v) is 8.01. The van der Waals surface area contributed by atoms with Crippen molar-refractivity contribution in [2.45, 2.75) is 84.2 Å². The minimum Gasteiger partial charge on any atom is -0.427 e. The second-order valence-electron chi connectivity index (χ2n) is 9.49. The van der Waals surface area contributed by atoms with Crippen molar-refractivity contribution in [3.05, 3.63) is 29.3 Å². The number of fused-ring (bicyclic) bond motifs is 5. The molecule has 4 rings (SSSR count). The number of benzene rings is 1. The highest BCUT2D eigenvalue weighted by atomic mass is 16.5. The Kier molecular flexibility index (Phi) is 5.09. The van der Waals surface area contributed by atoms with Crippen LogP contribution in [0.4, 0.5) is 0 Å². The predicted molar refractivity (Wildman–Crippen MR) is 107 cm³/mol. The number of esters is 1. The zero-order valence-corrected chi connectivity index (χ0v) is 17.0. The molecule has 27 heavy (non-hydrogen) atoms. The van der Waals surface area contributed by atoms with Crippen LogP contribution < -0.4 is 4.74 Å². The summed E-state index contributed by atoms with van der Waals surface area (Å²) < 4.78 is 5.36. The van der Waals surface area contributed by atoms with Crippen LogP contribution in [0.25, 0.3) is 0 Å². The first-order valence-electron chi connectivity index (χ1n) is 10.9. The highest BCUT2D eigenvalue weighted by Crippen LogP contribution is 2.62. The first-order valence-corrected chi connectivity index (χ1v) is 10.9. The second-order valence-corrected chi connectivity index (χ2v) is 9.49. The summed E-state index contributed by atoms with van der Waals surface area (Å²) in [5, 5.41) is 10.7. The Hall–Kier alpha value is -1.35. The Labute approximate surface area is 163 Å². The summed E-state index contributed by atoms with van der Waals surface area (Å²) in [6.45, 7) is 6.09. The van der Waals surface area contributed by atoms with Crippen molar-refractivity contribution in [1.82, 2.24) is 0 Å². The molecule has 3 aliphatic rings. The Morgan fingerprint density at radius 1 is 1.30 bits per heavy atom. The number of carbonyl (C=O) groups is 1. The number of hydrogen-bond donors (Lipinski definition) is 1. The maximum absolute atomic E-state index is 11.4. The smallest absolute Gasteiger partial charge is 0.308 e. The van der Waals surface area contributed by atoms with Gasteiger partial charge in [-0.3, -0.25) is 4.79 Å². The van der Waals surface area contributed by atoms with Gasteiger partial charge in [-0.25, -0.2) is 0 Å². The van der Waals surface area contributed by atoms with Crippen LogP contribution in [0.1, 0.15) is 82.8 Å². The average molecular weight is 371 g/mol. The molecular weight excluding hydrogens is 336 g/mol. The molecule has 2 fully saturated rings. The summed E-state index contributed by atoms with van der Waals surface area (Å²) in [7, 11) is 0. The van der Waals surface area contributed by atoms with Gasteiger partial charge in [0.1, 0.15) is 5.75 Å². The lowest BCUT2D eigenvalue weighted by molar-refractivity contribution is -0.131. The molecule has 2 saturated carbocycles. The van der Waals surface area contributed by atoms with E-state index in [0.717, 1.165) is 19.3 Å². The fraction of sp³-hybridized carbons (Fsp3) is 0.708. The third-order valence-electron chi connectivity index (χ3n) is 8.01. The topological polar surface area (TPSA) is 46.5 Å². The zero-order valence-electron chi connectivity index (χ0n) is 17.0. The van der Waals surface area contributed by atoms with Gasteiger partial charge in [0, 0.05) is 6.92 Å². The van der Waals surface area contributed by atoms with Gasteiger partial charge in [-0.15, -0.1) is 0 Å². The summed E-state index contributed by atoms with van der Waals surface area (Å²) >= 11 is 0. The number of carbonyl (C=O) groups excluding carboxylic acids is 1. The van der Waals surface area contributed by atoms with E-state index in [1.807, 2.05) is 6.07 Å². The van der Waals surface area contributed by atoms with Crippen molar-refractivity contribution >= 4 is 5.97 Å². The van der Waals surface area contributed by atoms with Crippen molar-refractivity contribution < 1.29 is 14.6 Å². The molecule has 3 heteroatoms. The molecule has 3 aliphatic carbocycles. The van der Waals surface area contributed by atoms with Crippen LogP contribution in [-0.2, 0) is 11.2 Å². The van der Waals surface area contributed by atoms with E-state index in [1.54, 1.807) is 0 Å². The molecule has 0 aliphatic heterocycles. The molecule has 1 aromatic rings. The molecular formula is C24H34O3. The van der Waals surface area contributed by atoms with Crippen molar-refractivity contribution in [2.24, 2.45) is 23.2 Å². The average Bonchev–Trinajstić information content (AvgIpc) is 2.93. The highest BCUT2D eigenvalue weighted by molar-refractivity contribution is 5.69. The first kappa shape index (κ1) is 19.0. The fourth-order valence-corrected chi connectivity index (χ4v) is 6.72. The Balaban J connectivity index is 1.70. The van der Waals surface area contributed by atoms with Gasteiger partial charge in [-0.1, -0.05) is 32.8 Å². The highest BCUT2D eigenvalue weighted by Gasteiger charge is 2.56. The molecule has 3 nitrogen and oxygen atoms in total. The van der Waals surface area contributed by atoms with Crippen LogP contribution in [-0.4, -0.2) is 17.2 Å². The Morgan fingerprint density at radius 2 is 2.11 bits per heavy atom. The predicted octanol–water partition coefficient (Wildman–Crippen LogP) is 5.25. The maximum atomic E-state index is 11.4. The van der Waals surface area contributed by atoms with E-state index in [0.29, 0.717) is 29.4 Å². The van der Waals surface area contributed by atoms with E-state index in [2.05, 4.69) is 26.0 Å². The Morgan fingerprint density at radius 3 is 2.85 bits per heavy atom. The van der Waals surface area contributed by atoms with E-state index in [1.165, 1.54) is 50.2 Å². The van der Waals surface area contributed by atoms with Gasteiger partial charge in [-0.2, -0.15) is 0 Å². The van der Waals surface area contributed by atoms with Crippen molar-refractivity contribution in [3.8, 4) is 5.75 Å². The largest absolute Gasteiger partial charge is 0.427 e. The number of aliphatic hydroxyl groups is 1.